The Balaban J connectivity index is 1.58. The third-order valence-corrected chi connectivity index (χ3v) is 14.5. The lowest BCUT2D eigenvalue weighted by Gasteiger charge is -2.45. The first-order chi connectivity index (χ1) is 25.3. The number of benzene rings is 4. The molecule has 5 aromatic rings. The number of nitro groups is 1. The predicted molar refractivity (Wildman–Crippen MR) is 207 cm³/mol. The molecule has 53 heavy (non-hydrogen) atoms. The number of non-ortho nitro benzene ring substituents is 1. The Kier molecular flexibility index (Phi) is 12.0. The highest BCUT2D eigenvalue weighted by Gasteiger charge is 2.51. The first kappa shape index (κ1) is 38.3. The van der Waals surface area contributed by atoms with Gasteiger partial charge >= 0.3 is 11.7 Å². The summed E-state index contributed by atoms with van der Waals surface area (Å²) in [5.74, 6) is -2.85. The number of carbonyl (C=O) groups excluding carboxylic acids is 1. The van der Waals surface area contributed by atoms with Crippen LogP contribution in [0.3, 0.4) is 0 Å². The number of anilines is 1. The fourth-order valence-corrected chi connectivity index (χ4v) is 11.5. The maximum absolute atomic E-state index is 13.3. The molecule has 1 aromatic heterocycles. The molecule has 2 atom stereocenters. The summed E-state index contributed by atoms with van der Waals surface area (Å²) in [7, 11) is -3.18. The minimum Gasteiger partial charge on any atom is -0.478 e. The van der Waals surface area contributed by atoms with E-state index in [0.29, 0.717) is 17.7 Å². The van der Waals surface area contributed by atoms with Crippen LogP contribution < -0.4 is 21.4 Å². The van der Waals surface area contributed by atoms with Crippen LogP contribution in [-0.4, -0.2) is 53.2 Å². The van der Waals surface area contributed by atoms with Crippen molar-refractivity contribution < 1.29 is 28.7 Å². The van der Waals surface area contributed by atoms with Crippen LogP contribution in [-0.2, 0) is 14.0 Å². The molecule has 0 aliphatic heterocycles. The van der Waals surface area contributed by atoms with Gasteiger partial charge < -0.3 is 20.6 Å². The summed E-state index contributed by atoms with van der Waals surface area (Å²) in [6.07, 6.45) is 2.99. The zero-order chi connectivity index (χ0) is 38.2. The normalized spacial score (nSPS) is 13.7. The Morgan fingerprint density at radius 1 is 0.943 bits per heavy atom. The summed E-state index contributed by atoms with van der Waals surface area (Å²) in [5.41, 5.74) is 7.61. The monoisotopic (exact) mass is 733 g/mol. The highest BCUT2D eigenvalue weighted by atomic mass is 28.4. The molecular formula is C40H43N5O7Si. The van der Waals surface area contributed by atoms with Crippen LogP contribution in [0.4, 0.5) is 11.4 Å². The van der Waals surface area contributed by atoms with E-state index in [-0.39, 0.29) is 35.3 Å². The number of primary amides is 1. The van der Waals surface area contributed by atoms with Gasteiger partial charge in [-0.05, 0) is 68.8 Å². The lowest BCUT2D eigenvalue weighted by Crippen LogP contribution is -2.68. The number of carbonyl (C=O) groups is 2. The van der Waals surface area contributed by atoms with Gasteiger partial charge in [0.2, 0.25) is 11.4 Å². The first-order valence-corrected chi connectivity index (χ1v) is 19.1. The van der Waals surface area contributed by atoms with Crippen molar-refractivity contribution in [1.82, 2.24) is 10.3 Å². The number of nitrogens with one attached hydrogen (secondary N) is 1. The molecule has 12 nitrogen and oxygen atoms in total. The van der Waals surface area contributed by atoms with Gasteiger partial charge in [0, 0.05) is 18.7 Å². The number of fused-ring (bicyclic) bond motifs is 1. The highest BCUT2D eigenvalue weighted by molar-refractivity contribution is 6.99. The van der Waals surface area contributed by atoms with Gasteiger partial charge in [-0.25, -0.2) is 9.42 Å². The van der Waals surface area contributed by atoms with E-state index in [1.807, 2.05) is 66.7 Å². The second-order valence-electron chi connectivity index (χ2n) is 13.8. The smallest absolute Gasteiger partial charge is 0.335 e. The van der Waals surface area contributed by atoms with Crippen molar-refractivity contribution in [3.05, 3.63) is 136 Å². The number of nitrogens with two attached hydrogens (primary N) is 1. The summed E-state index contributed by atoms with van der Waals surface area (Å²) in [6, 6.07) is 32.3. The maximum atomic E-state index is 13.3. The number of amides is 1. The molecule has 0 spiro atoms. The molecule has 2 unspecified atom stereocenters. The first-order valence-electron chi connectivity index (χ1n) is 17.2. The maximum Gasteiger partial charge on any atom is 0.335 e. The number of rotatable bonds is 16. The summed E-state index contributed by atoms with van der Waals surface area (Å²) >= 11 is 0. The van der Waals surface area contributed by atoms with Crippen LogP contribution >= 0.6 is 0 Å². The van der Waals surface area contributed by atoms with Crippen molar-refractivity contribution in [3.8, 4) is 0 Å². The van der Waals surface area contributed by atoms with E-state index < -0.39 is 42.2 Å². The van der Waals surface area contributed by atoms with Gasteiger partial charge in [-0.3, -0.25) is 14.9 Å². The number of carboxylic acids is 1. The average molecular weight is 734 g/mol. The van der Waals surface area contributed by atoms with Crippen molar-refractivity contribution in [2.75, 3.05) is 11.9 Å². The number of aromatic nitrogens is 2. The topological polar surface area (TPSA) is 184 Å². The minimum atomic E-state index is -3.18. The van der Waals surface area contributed by atoms with E-state index in [9.17, 15) is 24.8 Å². The van der Waals surface area contributed by atoms with E-state index in [4.69, 9.17) is 14.8 Å². The van der Waals surface area contributed by atoms with Crippen molar-refractivity contribution in [2.24, 2.45) is 11.7 Å². The summed E-state index contributed by atoms with van der Waals surface area (Å²) in [6.45, 7) is 8.35. The summed E-state index contributed by atoms with van der Waals surface area (Å²) in [4.78, 5) is 37.0. The molecule has 1 heterocycles. The third kappa shape index (κ3) is 8.59. The Hall–Kier alpha value is -5.92. The number of carboxylic acid groups (broad SMARTS) is 1. The van der Waals surface area contributed by atoms with Gasteiger partial charge in [0.15, 0.2) is 5.52 Å². The Bertz CT molecular complexity index is 2070. The molecule has 0 saturated carbocycles. The fraction of sp³-hybridized carbons (Fsp3) is 0.250. The van der Waals surface area contributed by atoms with Crippen molar-refractivity contribution in [1.29, 1.82) is 0 Å². The number of aliphatic carboxylic acids is 1. The van der Waals surface area contributed by atoms with E-state index in [1.165, 1.54) is 12.1 Å². The second-order valence-corrected chi connectivity index (χ2v) is 18.1. The lowest BCUT2D eigenvalue weighted by molar-refractivity contribution is -0.383. The van der Waals surface area contributed by atoms with Crippen LogP contribution in [0.15, 0.2) is 125 Å². The standard InChI is InChI=1S/C40H43N5O7Si/c1-27(32(39(47)48)21-20-28-14-8-5-9-15-28)33(38(41)46)26-29(24-25-42-34-22-23-35(45(49)50)37-36(34)43-52-44-37)51-53(40(2,3)4,30-16-10-6-11-17-30)31-18-12-7-13-19-31/h5-23,29,33,42H,24-26H2,1-4H3,(H2,41,46)(H,47,48). The van der Waals surface area contributed by atoms with Gasteiger partial charge in [0.25, 0.3) is 8.32 Å². The Labute approximate surface area is 308 Å². The van der Waals surface area contributed by atoms with Crippen LogP contribution in [0.2, 0.25) is 5.04 Å². The summed E-state index contributed by atoms with van der Waals surface area (Å²) < 4.78 is 12.4. The number of nitro benzene ring substituents is 1. The van der Waals surface area contributed by atoms with Gasteiger partial charge in [0.05, 0.1) is 22.1 Å². The lowest BCUT2D eigenvalue weighted by atomic mass is 9.88. The van der Waals surface area contributed by atoms with Crippen LogP contribution in [0, 0.1) is 16.0 Å². The van der Waals surface area contributed by atoms with Crippen molar-refractivity contribution in [3.63, 3.8) is 0 Å². The van der Waals surface area contributed by atoms with Crippen molar-refractivity contribution >= 4 is 59.1 Å². The molecule has 0 aliphatic rings. The predicted octanol–water partition coefficient (Wildman–Crippen LogP) is 6.48. The molecule has 0 aliphatic carbocycles. The van der Waals surface area contributed by atoms with Crippen molar-refractivity contribution in [2.45, 2.75) is 51.7 Å². The number of nitrogens with zero attached hydrogens (tertiary/aromatic N) is 3. The SMILES string of the molecule is CC(=C(C=Cc1ccccc1)C(=O)O)C(CC(CCNc1ccc([N+](=O)[O-])c2nonc12)O[Si](c1ccccc1)(c1ccccc1)C(C)(C)C)C(N)=O. The Morgan fingerprint density at radius 3 is 2.04 bits per heavy atom. The molecule has 4 N–H and O–H groups in total. The molecule has 0 radical (unpaired) electrons. The average Bonchev–Trinajstić information content (AvgIpc) is 3.63. The number of hydrogen-bond acceptors (Lipinski definition) is 9. The highest BCUT2D eigenvalue weighted by Crippen LogP contribution is 2.39. The molecule has 4 aromatic carbocycles. The molecule has 13 heteroatoms. The fourth-order valence-electron chi connectivity index (χ4n) is 6.75. The van der Waals surface area contributed by atoms with E-state index in [0.717, 1.165) is 15.9 Å². The summed E-state index contributed by atoms with van der Waals surface area (Å²) in [5, 5.41) is 34.5. The quantitative estimate of drug-likeness (QED) is 0.0333. The largest absolute Gasteiger partial charge is 0.478 e. The van der Waals surface area contributed by atoms with Crippen LogP contribution in [0.25, 0.3) is 17.1 Å². The molecule has 0 bridgehead atoms. The minimum absolute atomic E-state index is 0.0134. The molecule has 0 saturated heterocycles. The zero-order valence-electron chi connectivity index (χ0n) is 30.1. The molecule has 5 rings (SSSR count). The van der Waals surface area contributed by atoms with Gasteiger partial charge in [-0.15, -0.1) is 0 Å². The number of hydrogen-bond donors (Lipinski definition) is 3. The molecule has 1 amide bonds. The van der Waals surface area contributed by atoms with Crippen LogP contribution in [0.1, 0.15) is 46.1 Å². The molecular weight excluding hydrogens is 691 g/mol. The van der Waals surface area contributed by atoms with Crippen LogP contribution in [0.5, 0.6) is 0 Å². The van der Waals surface area contributed by atoms with E-state index in [2.05, 4.69) is 60.7 Å². The van der Waals surface area contributed by atoms with Gasteiger partial charge in [-0.1, -0.05) is 118 Å². The van der Waals surface area contributed by atoms with Gasteiger partial charge in [-0.2, -0.15) is 0 Å². The second kappa shape index (κ2) is 16.6. The Morgan fingerprint density at radius 2 is 1.51 bits per heavy atom. The van der Waals surface area contributed by atoms with Gasteiger partial charge in [0.1, 0.15) is 0 Å². The van der Waals surface area contributed by atoms with E-state index in [1.54, 1.807) is 19.1 Å². The zero-order valence-corrected chi connectivity index (χ0v) is 31.1. The molecule has 0 fully saturated rings. The third-order valence-electron chi connectivity index (χ3n) is 9.39. The van der Waals surface area contributed by atoms with E-state index >= 15 is 0 Å². The molecule has 274 valence electrons.